The monoisotopic (exact) mass is 572 g/mol. The fraction of sp³-hybridized carbons (Fsp3) is 0.0833. The zero-order chi connectivity index (χ0) is 25.1. The molecule has 0 saturated carbocycles. The molecular formula is C24H19BrCl2N6O2. The average molecular weight is 574 g/mol. The van der Waals surface area contributed by atoms with Crippen molar-refractivity contribution >= 4 is 73.6 Å². The highest BCUT2D eigenvalue weighted by molar-refractivity contribution is 9.10. The van der Waals surface area contributed by atoms with Gasteiger partial charge in [-0.1, -0.05) is 53.5 Å². The number of aromatic nitrogens is 4. The summed E-state index contributed by atoms with van der Waals surface area (Å²) >= 11 is 15.4. The van der Waals surface area contributed by atoms with Crippen LogP contribution in [-0.4, -0.2) is 30.6 Å². The smallest absolute Gasteiger partial charge is 0.221 e. The van der Waals surface area contributed by atoms with E-state index in [1.807, 2.05) is 42.6 Å². The van der Waals surface area contributed by atoms with Crippen LogP contribution in [0, 0.1) is 0 Å². The Morgan fingerprint density at radius 3 is 1.86 bits per heavy atom. The molecule has 0 atom stereocenters. The van der Waals surface area contributed by atoms with Gasteiger partial charge in [0.05, 0.1) is 23.8 Å². The van der Waals surface area contributed by atoms with E-state index in [0.717, 1.165) is 15.6 Å². The highest BCUT2D eigenvalue weighted by Crippen LogP contribution is 2.28. The van der Waals surface area contributed by atoms with E-state index >= 15 is 0 Å². The molecule has 0 aliphatic heterocycles. The Balaban J connectivity index is 0.000000172. The molecule has 0 aliphatic carbocycles. The molecule has 8 nitrogen and oxygen atoms in total. The Morgan fingerprint density at radius 2 is 1.31 bits per heavy atom. The van der Waals surface area contributed by atoms with Crippen molar-refractivity contribution in [3.8, 4) is 11.1 Å². The third-order valence-electron chi connectivity index (χ3n) is 4.82. The van der Waals surface area contributed by atoms with Crippen molar-refractivity contribution in [2.45, 2.75) is 13.8 Å². The lowest BCUT2D eigenvalue weighted by atomic mass is 10.1. The van der Waals surface area contributed by atoms with Gasteiger partial charge in [0, 0.05) is 36.3 Å². The fourth-order valence-corrected chi connectivity index (χ4v) is 4.22. The van der Waals surface area contributed by atoms with Gasteiger partial charge in [-0.2, -0.15) is 0 Å². The van der Waals surface area contributed by atoms with Gasteiger partial charge in [0.1, 0.15) is 10.3 Å². The molecule has 0 radical (unpaired) electrons. The summed E-state index contributed by atoms with van der Waals surface area (Å²) in [7, 11) is 0. The van der Waals surface area contributed by atoms with Gasteiger partial charge in [-0.05, 0) is 33.6 Å². The van der Waals surface area contributed by atoms with Crippen molar-refractivity contribution in [2.75, 3.05) is 10.6 Å². The first-order chi connectivity index (χ1) is 16.7. The molecule has 2 N–H and O–H groups in total. The molecule has 5 rings (SSSR count). The van der Waals surface area contributed by atoms with Crippen LogP contribution >= 0.6 is 39.1 Å². The molecule has 0 aliphatic rings. The molecule has 4 heterocycles. The summed E-state index contributed by atoms with van der Waals surface area (Å²) in [5.41, 5.74) is 4.53. The van der Waals surface area contributed by atoms with Crippen LogP contribution in [0.5, 0.6) is 0 Å². The van der Waals surface area contributed by atoms with Crippen molar-refractivity contribution in [1.82, 2.24) is 18.8 Å². The number of benzene rings is 1. The van der Waals surface area contributed by atoms with E-state index in [-0.39, 0.29) is 11.8 Å². The molecule has 0 saturated heterocycles. The first-order valence-corrected chi connectivity index (χ1v) is 11.9. The van der Waals surface area contributed by atoms with Crippen LogP contribution in [0.25, 0.3) is 22.4 Å². The molecule has 0 bridgehead atoms. The molecule has 1 aromatic carbocycles. The molecule has 11 heteroatoms. The molecule has 4 aromatic heterocycles. The number of imidazole rings is 2. The summed E-state index contributed by atoms with van der Waals surface area (Å²) in [4.78, 5) is 30.6. The van der Waals surface area contributed by atoms with Crippen molar-refractivity contribution in [3.63, 3.8) is 0 Å². The lowest BCUT2D eigenvalue weighted by molar-refractivity contribution is -0.115. The van der Waals surface area contributed by atoms with Crippen molar-refractivity contribution in [2.24, 2.45) is 0 Å². The highest BCUT2D eigenvalue weighted by atomic mass is 79.9. The zero-order valence-corrected chi connectivity index (χ0v) is 21.7. The fourth-order valence-electron chi connectivity index (χ4n) is 3.44. The predicted molar refractivity (Wildman–Crippen MR) is 142 cm³/mol. The number of hydrogen-bond acceptors (Lipinski definition) is 4. The van der Waals surface area contributed by atoms with Crippen LogP contribution in [0.4, 0.5) is 11.4 Å². The number of carbonyl (C=O) groups excluding carboxylic acids is 2. The maximum Gasteiger partial charge on any atom is 0.221 e. The van der Waals surface area contributed by atoms with Crippen LogP contribution in [0.2, 0.25) is 10.3 Å². The standard InChI is InChI=1S/C15H12ClN3O.C9H7BrClN3O/c1-10(20)18-13-7-12(11-5-3-2-4-6-11)9-19-14(16)8-17-15(13)19;1-5(15)13-7-2-6(10)4-14-8(11)3-12-9(7)14/h2-9H,1H3,(H,18,20);2-4H,1H3,(H,13,15). The Labute approximate surface area is 219 Å². The van der Waals surface area contributed by atoms with Gasteiger partial charge >= 0.3 is 0 Å². The minimum Gasteiger partial charge on any atom is -0.323 e. The highest BCUT2D eigenvalue weighted by Gasteiger charge is 2.11. The minimum absolute atomic E-state index is 0.142. The maximum absolute atomic E-state index is 11.3. The largest absolute Gasteiger partial charge is 0.323 e. The number of amides is 2. The first kappa shape index (κ1) is 24.7. The van der Waals surface area contributed by atoms with Gasteiger partial charge in [0.25, 0.3) is 0 Å². The number of nitrogens with one attached hydrogen (secondary N) is 2. The lowest BCUT2D eigenvalue weighted by Gasteiger charge is -2.09. The Hall–Kier alpha value is -3.40. The first-order valence-electron chi connectivity index (χ1n) is 10.3. The van der Waals surface area contributed by atoms with Gasteiger partial charge in [-0.3, -0.25) is 18.4 Å². The molecule has 35 heavy (non-hydrogen) atoms. The second kappa shape index (κ2) is 10.5. The van der Waals surface area contributed by atoms with Gasteiger partial charge in [0.2, 0.25) is 11.8 Å². The molecule has 0 fully saturated rings. The van der Waals surface area contributed by atoms with Gasteiger partial charge in [-0.15, -0.1) is 0 Å². The Morgan fingerprint density at radius 1 is 0.800 bits per heavy atom. The number of halogens is 3. The Kier molecular flexibility index (Phi) is 7.39. The van der Waals surface area contributed by atoms with E-state index < -0.39 is 0 Å². The summed E-state index contributed by atoms with van der Waals surface area (Å²) in [5, 5.41) is 6.48. The Bertz CT molecular complexity index is 1550. The van der Waals surface area contributed by atoms with Crippen LogP contribution in [0.3, 0.4) is 0 Å². The number of carbonyl (C=O) groups is 2. The van der Waals surface area contributed by atoms with E-state index in [4.69, 9.17) is 23.2 Å². The van der Waals surface area contributed by atoms with Crippen molar-refractivity contribution < 1.29 is 9.59 Å². The number of rotatable bonds is 3. The summed E-state index contributed by atoms with van der Waals surface area (Å²) in [6, 6.07) is 13.6. The molecule has 2 amide bonds. The van der Waals surface area contributed by atoms with Gasteiger partial charge < -0.3 is 10.6 Å². The van der Waals surface area contributed by atoms with Crippen molar-refractivity contribution in [3.05, 3.63) is 82.0 Å². The van der Waals surface area contributed by atoms with Crippen LogP contribution < -0.4 is 10.6 Å². The van der Waals surface area contributed by atoms with E-state index in [1.54, 1.807) is 27.3 Å². The van der Waals surface area contributed by atoms with E-state index in [2.05, 4.69) is 36.5 Å². The molecule has 178 valence electrons. The number of pyridine rings is 2. The zero-order valence-electron chi connectivity index (χ0n) is 18.6. The second-order valence-corrected chi connectivity index (χ2v) is 9.18. The lowest BCUT2D eigenvalue weighted by Crippen LogP contribution is -2.07. The van der Waals surface area contributed by atoms with Crippen LogP contribution in [0.1, 0.15) is 13.8 Å². The number of fused-ring (bicyclic) bond motifs is 2. The molecule has 5 aromatic rings. The van der Waals surface area contributed by atoms with E-state index in [9.17, 15) is 9.59 Å². The normalized spacial score (nSPS) is 10.7. The average Bonchev–Trinajstić information content (AvgIpc) is 3.37. The predicted octanol–water partition coefficient (Wildman–Crippen LogP) is 6.32. The number of anilines is 2. The summed E-state index contributed by atoms with van der Waals surface area (Å²) in [6.45, 7) is 2.91. The van der Waals surface area contributed by atoms with Crippen LogP contribution in [0.15, 0.2) is 71.7 Å². The van der Waals surface area contributed by atoms with E-state index in [1.165, 1.54) is 20.0 Å². The van der Waals surface area contributed by atoms with Gasteiger partial charge in [-0.25, -0.2) is 9.97 Å². The molecule has 0 spiro atoms. The molecule has 0 unspecified atom stereocenters. The van der Waals surface area contributed by atoms with Crippen LogP contribution in [-0.2, 0) is 9.59 Å². The van der Waals surface area contributed by atoms with E-state index in [0.29, 0.717) is 33.0 Å². The number of hydrogen-bond donors (Lipinski definition) is 2. The third-order valence-corrected chi connectivity index (χ3v) is 5.81. The maximum atomic E-state index is 11.3. The SMILES string of the molecule is CC(=O)Nc1cc(-c2ccccc2)cn2c(Cl)cnc12.CC(=O)Nc1cc(Br)cn2c(Cl)cnc12. The summed E-state index contributed by atoms with van der Waals surface area (Å²) in [5.74, 6) is -0.287. The summed E-state index contributed by atoms with van der Waals surface area (Å²) < 4.78 is 4.27. The number of nitrogens with zero attached hydrogens (tertiary/aromatic N) is 4. The quantitative estimate of drug-likeness (QED) is 0.264. The van der Waals surface area contributed by atoms with Crippen molar-refractivity contribution in [1.29, 1.82) is 0 Å². The minimum atomic E-state index is -0.144. The summed E-state index contributed by atoms with van der Waals surface area (Å²) in [6.07, 6.45) is 6.80. The van der Waals surface area contributed by atoms with Gasteiger partial charge in [0.15, 0.2) is 11.3 Å². The topological polar surface area (TPSA) is 92.8 Å². The molecular weight excluding hydrogens is 555 g/mol. The second-order valence-electron chi connectivity index (χ2n) is 7.49. The third kappa shape index (κ3) is 5.64.